The van der Waals surface area contributed by atoms with Crippen molar-refractivity contribution in [2.45, 2.75) is 78.6 Å². The van der Waals surface area contributed by atoms with Gasteiger partial charge in [-0.3, -0.25) is 9.78 Å². The maximum absolute atomic E-state index is 13.3. The molecule has 0 saturated heterocycles. The number of fused-ring (bicyclic) bond motifs is 3. The van der Waals surface area contributed by atoms with Crippen LogP contribution in [0, 0.1) is 40.9 Å². The number of hydrogen-bond acceptors (Lipinski definition) is 4. The number of nitrogens with one attached hydrogen (secondary N) is 1. The fourth-order valence-electron chi connectivity index (χ4n) is 7.91. The minimum absolute atomic E-state index is 0.191. The second-order valence-electron chi connectivity index (χ2n) is 10.6. The highest BCUT2D eigenvalue weighted by molar-refractivity contribution is 5.87. The van der Waals surface area contributed by atoms with E-state index < -0.39 is 0 Å². The van der Waals surface area contributed by atoms with E-state index in [0.717, 1.165) is 41.7 Å². The summed E-state index contributed by atoms with van der Waals surface area (Å²) in [5.74, 6) is 4.92. The van der Waals surface area contributed by atoms with Crippen LogP contribution in [0.5, 0.6) is 0 Å². The summed E-state index contributed by atoms with van der Waals surface area (Å²) in [6.45, 7) is 7.57. The number of carbonyl (C=O) groups excluding carboxylic acids is 1. The topological polar surface area (TPSA) is 68.0 Å². The third-order valence-electron chi connectivity index (χ3n) is 9.36. The molecule has 4 nitrogen and oxygen atoms in total. The lowest BCUT2D eigenvalue weighted by molar-refractivity contribution is -0.128. The van der Waals surface area contributed by atoms with Crippen molar-refractivity contribution in [1.82, 2.24) is 4.98 Å². The summed E-state index contributed by atoms with van der Waals surface area (Å²) in [7, 11) is 0. The van der Waals surface area contributed by atoms with Crippen LogP contribution in [0.4, 0.5) is 11.4 Å². The van der Waals surface area contributed by atoms with Crippen molar-refractivity contribution in [3.8, 4) is 0 Å². The van der Waals surface area contributed by atoms with Crippen molar-refractivity contribution in [2.75, 3.05) is 17.6 Å². The Hall–Kier alpha value is -1.58. The first-order valence-corrected chi connectivity index (χ1v) is 12.5. The first kappa shape index (κ1) is 21.6. The number of rotatable bonds is 7. The van der Waals surface area contributed by atoms with Gasteiger partial charge >= 0.3 is 0 Å². The van der Waals surface area contributed by atoms with Gasteiger partial charge in [0.2, 0.25) is 0 Å². The zero-order chi connectivity index (χ0) is 21.3. The molecule has 3 saturated carbocycles. The molecule has 3 aliphatic carbocycles. The van der Waals surface area contributed by atoms with E-state index in [9.17, 15) is 4.79 Å². The third-order valence-corrected chi connectivity index (χ3v) is 9.36. The van der Waals surface area contributed by atoms with Gasteiger partial charge in [0.25, 0.3) is 0 Å². The molecule has 7 unspecified atom stereocenters. The number of pyridine rings is 1. The van der Waals surface area contributed by atoms with Crippen LogP contribution in [0.1, 0.15) is 78.6 Å². The monoisotopic (exact) mass is 411 g/mol. The minimum Gasteiger partial charge on any atom is -0.397 e. The van der Waals surface area contributed by atoms with E-state index in [0.29, 0.717) is 18.0 Å². The number of hydrogen-bond donors (Lipinski definition) is 2. The van der Waals surface area contributed by atoms with Crippen LogP contribution in [0.15, 0.2) is 18.5 Å². The highest BCUT2D eigenvalue weighted by atomic mass is 16.1. The molecule has 4 rings (SSSR count). The van der Waals surface area contributed by atoms with Gasteiger partial charge in [0, 0.05) is 12.1 Å². The molecule has 3 N–H and O–H groups in total. The van der Waals surface area contributed by atoms with Gasteiger partial charge in [-0.05, 0) is 79.6 Å². The number of nitrogen functional groups attached to an aromatic ring is 1. The molecule has 4 heteroatoms. The smallest absolute Gasteiger partial charge is 0.155 e. The van der Waals surface area contributed by atoms with Crippen LogP contribution in [0.25, 0.3) is 0 Å². The quantitative estimate of drug-likeness (QED) is 0.582. The van der Waals surface area contributed by atoms with E-state index in [1.807, 2.05) is 0 Å². The Labute approximate surface area is 182 Å². The lowest BCUT2D eigenvalue weighted by Gasteiger charge is -2.54. The fourth-order valence-corrected chi connectivity index (χ4v) is 7.91. The Bertz CT molecular complexity index is 750. The van der Waals surface area contributed by atoms with Crippen LogP contribution in [0.2, 0.25) is 0 Å². The number of anilines is 2. The number of Topliss-reactive ketones (excluding diaryl/α,β-unsaturated/α-hetero) is 1. The van der Waals surface area contributed by atoms with Gasteiger partial charge in [-0.2, -0.15) is 0 Å². The first-order chi connectivity index (χ1) is 14.5. The van der Waals surface area contributed by atoms with Gasteiger partial charge in [0.1, 0.15) is 0 Å². The lowest BCUT2D eigenvalue weighted by Crippen LogP contribution is -2.48. The highest BCUT2D eigenvalue weighted by Gasteiger charge is 2.57. The summed E-state index contributed by atoms with van der Waals surface area (Å²) < 4.78 is 0. The Kier molecular flexibility index (Phi) is 6.41. The number of ketones is 1. The van der Waals surface area contributed by atoms with E-state index in [1.165, 1.54) is 51.4 Å². The number of aromatic nitrogens is 1. The summed E-state index contributed by atoms with van der Waals surface area (Å²) in [5, 5.41) is 3.26. The predicted octanol–water partition coefficient (Wildman–Crippen LogP) is 5.94. The zero-order valence-corrected chi connectivity index (χ0v) is 19.2. The van der Waals surface area contributed by atoms with Gasteiger partial charge in [0.15, 0.2) is 5.78 Å². The van der Waals surface area contributed by atoms with Crippen LogP contribution in [-0.2, 0) is 4.79 Å². The third kappa shape index (κ3) is 3.76. The first-order valence-electron chi connectivity index (χ1n) is 12.5. The van der Waals surface area contributed by atoms with Gasteiger partial charge in [-0.1, -0.05) is 40.0 Å². The Balaban J connectivity index is 1.45. The second kappa shape index (κ2) is 8.88. The van der Waals surface area contributed by atoms with Crippen molar-refractivity contribution in [3.63, 3.8) is 0 Å². The van der Waals surface area contributed by atoms with Gasteiger partial charge in [-0.25, -0.2) is 0 Å². The molecule has 1 aromatic heterocycles. The summed E-state index contributed by atoms with van der Waals surface area (Å²) in [6.07, 6.45) is 15.2. The molecule has 0 aliphatic heterocycles. The van der Waals surface area contributed by atoms with Crippen LogP contribution >= 0.6 is 0 Å². The largest absolute Gasteiger partial charge is 0.397 e. The van der Waals surface area contributed by atoms with E-state index in [2.05, 4.69) is 31.1 Å². The minimum atomic E-state index is 0.191. The average molecular weight is 412 g/mol. The average Bonchev–Trinajstić information content (AvgIpc) is 3.10. The van der Waals surface area contributed by atoms with Crippen LogP contribution in [-0.4, -0.2) is 17.3 Å². The summed E-state index contributed by atoms with van der Waals surface area (Å²) >= 11 is 0. The van der Waals surface area contributed by atoms with E-state index in [4.69, 9.17) is 5.73 Å². The molecule has 1 aromatic rings. The predicted molar refractivity (Wildman–Crippen MR) is 124 cm³/mol. The Morgan fingerprint density at radius 2 is 2.03 bits per heavy atom. The van der Waals surface area contributed by atoms with Crippen molar-refractivity contribution >= 4 is 17.2 Å². The van der Waals surface area contributed by atoms with Gasteiger partial charge in [-0.15, -0.1) is 0 Å². The van der Waals surface area contributed by atoms with Gasteiger partial charge in [0.05, 0.1) is 24.1 Å². The fraction of sp³-hybridized carbons (Fsp3) is 0.769. The second-order valence-corrected chi connectivity index (χ2v) is 10.6. The Morgan fingerprint density at radius 1 is 1.20 bits per heavy atom. The zero-order valence-electron chi connectivity index (χ0n) is 19.2. The molecule has 0 radical (unpaired) electrons. The van der Waals surface area contributed by atoms with E-state index >= 15 is 0 Å². The van der Waals surface area contributed by atoms with Crippen molar-refractivity contribution in [1.29, 1.82) is 0 Å². The molecule has 1 heterocycles. The molecule has 166 valence electrons. The molecule has 30 heavy (non-hydrogen) atoms. The highest BCUT2D eigenvalue weighted by Crippen LogP contribution is 2.63. The molecule has 0 aromatic carbocycles. The standard InChI is InChI=1S/C26H41N3O/c1-4-6-18-17(5-2)7-8-20-19(18)11-13-26(3)21(20)9-10-22(26)25(30)16-29-24-15-28-14-12-23(24)27/h12,14-15,17-22,29H,4-11,13,16H2,1-3H3,(H2,27,28). The lowest BCUT2D eigenvalue weighted by atomic mass is 9.50. The molecular weight excluding hydrogens is 370 g/mol. The summed E-state index contributed by atoms with van der Waals surface area (Å²) in [4.78, 5) is 17.4. The molecule has 3 aliphatic rings. The summed E-state index contributed by atoms with van der Waals surface area (Å²) in [6, 6.07) is 1.78. The van der Waals surface area contributed by atoms with Crippen molar-refractivity contribution in [2.24, 2.45) is 40.9 Å². The van der Waals surface area contributed by atoms with Crippen LogP contribution < -0.4 is 11.1 Å². The van der Waals surface area contributed by atoms with Crippen molar-refractivity contribution < 1.29 is 4.79 Å². The SMILES string of the molecule is CCCC1C(CC)CCC2C1CCC1(C)C(C(=O)CNc3cnccc3N)CCC21. The molecular formula is C26H41N3O. The molecule has 0 amide bonds. The Morgan fingerprint density at radius 3 is 2.77 bits per heavy atom. The molecule has 0 spiro atoms. The normalized spacial score (nSPS) is 38.0. The van der Waals surface area contributed by atoms with Gasteiger partial charge < -0.3 is 11.1 Å². The molecule has 3 fully saturated rings. The molecule has 7 atom stereocenters. The van der Waals surface area contributed by atoms with E-state index in [1.54, 1.807) is 18.5 Å². The maximum atomic E-state index is 13.3. The molecule has 0 bridgehead atoms. The van der Waals surface area contributed by atoms with E-state index in [-0.39, 0.29) is 11.3 Å². The number of nitrogens with zero attached hydrogens (tertiary/aromatic N) is 1. The van der Waals surface area contributed by atoms with Crippen molar-refractivity contribution in [3.05, 3.63) is 18.5 Å². The number of carbonyl (C=O) groups is 1. The summed E-state index contributed by atoms with van der Waals surface area (Å²) in [5.41, 5.74) is 7.63. The maximum Gasteiger partial charge on any atom is 0.155 e. The van der Waals surface area contributed by atoms with Crippen LogP contribution in [0.3, 0.4) is 0 Å². The number of nitrogens with two attached hydrogens (primary N) is 1.